The van der Waals surface area contributed by atoms with Crippen molar-refractivity contribution in [2.24, 2.45) is 0 Å². The van der Waals surface area contributed by atoms with Crippen LogP contribution in [0.4, 0.5) is 0 Å². The van der Waals surface area contributed by atoms with Crippen LogP contribution in [-0.4, -0.2) is 34.0 Å². The van der Waals surface area contributed by atoms with E-state index in [0.29, 0.717) is 40.3 Å². The molecule has 3 aromatic carbocycles. The third kappa shape index (κ3) is 4.35. The molecule has 1 amide bonds. The summed E-state index contributed by atoms with van der Waals surface area (Å²) in [6.45, 7) is 6.23. The lowest BCUT2D eigenvalue weighted by molar-refractivity contribution is 0.0693. The molecule has 0 aliphatic heterocycles. The maximum absolute atomic E-state index is 13.8. The standard InChI is InChI=1S/C27H26BrN3O3/c1-5-30(26(32)19-11-13-20(28)14-12-19)18(3)25-29-22-9-7-6-8-21(22)27(33)31(25)23-16-17(2)10-15-24(23)34-4/h6-16,18H,5H2,1-4H3. The summed E-state index contributed by atoms with van der Waals surface area (Å²) in [5.74, 6) is 0.896. The van der Waals surface area contributed by atoms with Crippen molar-refractivity contribution in [3.8, 4) is 11.4 Å². The van der Waals surface area contributed by atoms with Crippen LogP contribution >= 0.6 is 15.9 Å². The second-order valence-electron chi connectivity index (χ2n) is 8.08. The van der Waals surface area contributed by atoms with Gasteiger partial charge in [-0.05, 0) is 74.9 Å². The number of nitrogens with zero attached hydrogens (tertiary/aromatic N) is 3. The maximum atomic E-state index is 13.8. The van der Waals surface area contributed by atoms with Crippen molar-refractivity contribution >= 4 is 32.7 Å². The van der Waals surface area contributed by atoms with Gasteiger partial charge in [0.15, 0.2) is 0 Å². The van der Waals surface area contributed by atoms with Crippen molar-refractivity contribution in [3.05, 3.63) is 98.5 Å². The van der Waals surface area contributed by atoms with Gasteiger partial charge >= 0.3 is 0 Å². The topological polar surface area (TPSA) is 64.4 Å². The summed E-state index contributed by atoms with van der Waals surface area (Å²) in [5.41, 5.74) is 2.53. The number of carbonyl (C=O) groups is 1. The zero-order valence-electron chi connectivity index (χ0n) is 19.6. The molecule has 174 valence electrons. The number of hydrogen-bond acceptors (Lipinski definition) is 4. The average Bonchev–Trinajstić information content (AvgIpc) is 2.84. The lowest BCUT2D eigenvalue weighted by Crippen LogP contribution is -2.37. The minimum atomic E-state index is -0.483. The monoisotopic (exact) mass is 519 g/mol. The van der Waals surface area contributed by atoms with E-state index in [1.807, 2.05) is 69.3 Å². The summed E-state index contributed by atoms with van der Waals surface area (Å²) in [5, 5.41) is 0.504. The van der Waals surface area contributed by atoms with Gasteiger partial charge in [-0.3, -0.25) is 14.2 Å². The quantitative estimate of drug-likeness (QED) is 0.328. The lowest BCUT2D eigenvalue weighted by atomic mass is 10.1. The number of carbonyl (C=O) groups excluding carboxylic acids is 1. The van der Waals surface area contributed by atoms with Gasteiger partial charge in [0.1, 0.15) is 11.6 Å². The summed E-state index contributed by atoms with van der Waals surface area (Å²) in [6, 6.07) is 19.7. The largest absolute Gasteiger partial charge is 0.495 e. The fourth-order valence-electron chi connectivity index (χ4n) is 4.13. The molecule has 1 atom stereocenters. The van der Waals surface area contributed by atoms with Crippen LogP contribution in [-0.2, 0) is 0 Å². The van der Waals surface area contributed by atoms with Crippen LogP contribution < -0.4 is 10.3 Å². The smallest absolute Gasteiger partial charge is 0.266 e. The summed E-state index contributed by atoms with van der Waals surface area (Å²) in [4.78, 5) is 33.8. The van der Waals surface area contributed by atoms with Crippen LogP contribution in [0.15, 0.2) is 76.0 Å². The number of para-hydroxylation sites is 1. The SMILES string of the molecule is CCN(C(=O)c1ccc(Br)cc1)C(C)c1nc2ccccc2c(=O)n1-c1cc(C)ccc1OC. The minimum absolute atomic E-state index is 0.132. The van der Waals surface area contributed by atoms with Gasteiger partial charge in [-0.25, -0.2) is 4.98 Å². The molecule has 1 aromatic heterocycles. The first-order valence-corrected chi connectivity index (χ1v) is 11.9. The van der Waals surface area contributed by atoms with Crippen LogP contribution in [0.3, 0.4) is 0 Å². The highest BCUT2D eigenvalue weighted by molar-refractivity contribution is 9.10. The Balaban J connectivity index is 1.94. The Kier molecular flexibility index (Phi) is 6.84. The molecule has 0 fully saturated rings. The normalized spacial score (nSPS) is 11.9. The molecular formula is C27H26BrN3O3. The third-order valence-corrected chi connectivity index (χ3v) is 6.44. The Morgan fingerprint density at radius 2 is 1.82 bits per heavy atom. The van der Waals surface area contributed by atoms with E-state index in [4.69, 9.17) is 9.72 Å². The van der Waals surface area contributed by atoms with Gasteiger partial charge in [-0.15, -0.1) is 0 Å². The number of ether oxygens (including phenoxy) is 1. The molecule has 0 N–H and O–H groups in total. The van der Waals surface area contributed by atoms with Crippen LogP contribution in [0, 0.1) is 6.92 Å². The van der Waals surface area contributed by atoms with Crippen molar-refractivity contribution in [1.29, 1.82) is 0 Å². The Bertz CT molecular complexity index is 1410. The molecule has 1 heterocycles. The molecule has 0 bridgehead atoms. The number of fused-ring (bicyclic) bond motifs is 1. The Morgan fingerprint density at radius 1 is 1.12 bits per heavy atom. The minimum Gasteiger partial charge on any atom is -0.495 e. The molecule has 0 aliphatic carbocycles. The zero-order chi connectivity index (χ0) is 24.4. The highest BCUT2D eigenvalue weighted by atomic mass is 79.9. The molecule has 4 rings (SSSR count). The van der Waals surface area contributed by atoms with Gasteiger partial charge < -0.3 is 9.64 Å². The van der Waals surface area contributed by atoms with E-state index >= 15 is 0 Å². The van der Waals surface area contributed by atoms with Gasteiger partial charge in [0.2, 0.25) is 0 Å². The predicted octanol–water partition coefficient (Wildman–Crippen LogP) is 5.69. The lowest BCUT2D eigenvalue weighted by Gasteiger charge is -2.30. The van der Waals surface area contributed by atoms with E-state index < -0.39 is 6.04 Å². The first kappa shape index (κ1) is 23.7. The van der Waals surface area contributed by atoms with Crippen LogP contribution in [0.25, 0.3) is 16.6 Å². The van der Waals surface area contributed by atoms with Crippen molar-refractivity contribution in [3.63, 3.8) is 0 Å². The van der Waals surface area contributed by atoms with Crippen molar-refractivity contribution in [1.82, 2.24) is 14.5 Å². The summed E-state index contributed by atoms with van der Waals surface area (Å²) in [6.07, 6.45) is 0. The number of halogens is 1. The summed E-state index contributed by atoms with van der Waals surface area (Å²) >= 11 is 3.42. The molecule has 0 radical (unpaired) electrons. The van der Waals surface area contributed by atoms with Gasteiger partial charge in [0.25, 0.3) is 11.5 Å². The maximum Gasteiger partial charge on any atom is 0.266 e. The van der Waals surface area contributed by atoms with E-state index in [0.717, 1.165) is 10.0 Å². The molecule has 7 heteroatoms. The fraction of sp³-hybridized carbons (Fsp3) is 0.222. The fourth-order valence-corrected chi connectivity index (χ4v) is 4.39. The number of methoxy groups -OCH3 is 1. The first-order valence-electron chi connectivity index (χ1n) is 11.1. The van der Waals surface area contributed by atoms with E-state index in [1.165, 1.54) is 0 Å². The molecule has 4 aromatic rings. The zero-order valence-corrected chi connectivity index (χ0v) is 21.2. The molecule has 0 saturated carbocycles. The molecule has 0 spiro atoms. The van der Waals surface area contributed by atoms with Crippen molar-refractivity contribution < 1.29 is 9.53 Å². The Hall–Kier alpha value is -3.45. The average molecular weight is 520 g/mol. The summed E-state index contributed by atoms with van der Waals surface area (Å²) in [7, 11) is 1.58. The highest BCUT2D eigenvalue weighted by Crippen LogP contribution is 2.29. The molecule has 0 aliphatic rings. The number of amides is 1. The van der Waals surface area contributed by atoms with E-state index in [2.05, 4.69) is 15.9 Å². The van der Waals surface area contributed by atoms with Gasteiger partial charge in [0.05, 0.1) is 29.7 Å². The Labute approximate surface area is 206 Å². The highest BCUT2D eigenvalue weighted by Gasteiger charge is 2.27. The number of aryl methyl sites for hydroxylation is 1. The van der Waals surface area contributed by atoms with Gasteiger partial charge in [-0.2, -0.15) is 0 Å². The van der Waals surface area contributed by atoms with E-state index in [9.17, 15) is 9.59 Å². The number of rotatable bonds is 6. The number of hydrogen-bond donors (Lipinski definition) is 0. The number of aromatic nitrogens is 2. The second kappa shape index (κ2) is 9.81. The van der Waals surface area contributed by atoms with E-state index in [1.54, 1.807) is 34.8 Å². The predicted molar refractivity (Wildman–Crippen MR) is 138 cm³/mol. The molecule has 0 saturated heterocycles. The molecule has 6 nitrogen and oxygen atoms in total. The molecule has 34 heavy (non-hydrogen) atoms. The van der Waals surface area contributed by atoms with Crippen LogP contribution in [0.1, 0.15) is 41.6 Å². The van der Waals surface area contributed by atoms with Crippen molar-refractivity contribution in [2.45, 2.75) is 26.8 Å². The number of benzene rings is 3. The van der Waals surface area contributed by atoms with E-state index in [-0.39, 0.29) is 11.5 Å². The molecular weight excluding hydrogens is 494 g/mol. The second-order valence-corrected chi connectivity index (χ2v) is 8.99. The first-order chi connectivity index (χ1) is 16.3. The van der Waals surface area contributed by atoms with Gasteiger partial charge in [-0.1, -0.05) is 34.1 Å². The van der Waals surface area contributed by atoms with Gasteiger partial charge in [0, 0.05) is 16.6 Å². The molecule has 1 unspecified atom stereocenters. The summed E-state index contributed by atoms with van der Waals surface area (Å²) < 4.78 is 8.08. The van der Waals surface area contributed by atoms with Crippen LogP contribution in [0.5, 0.6) is 5.75 Å². The van der Waals surface area contributed by atoms with Crippen LogP contribution in [0.2, 0.25) is 0 Å². The third-order valence-electron chi connectivity index (χ3n) is 5.91. The van der Waals surface area contributed by atoms with Crippen molar-refractivity contribution in [2.75, 3.05) is 13.7 Å². The Morgan fingerprint density at radius 3 is 2.50 bits per heavy atom.